The molecule has 0 aromatic carbocycles. The lowest BCUT2D eigenvalue weighted by Gasteiger charge is -2.77. The number of fused-ring (bicyclic) bond motifs is 1. The second-order valence-corrected chi connectivity index (χ2v) is 12.4. The molecule has 4 bridgehead atoms. The number of rotatable bonds is 0. The molecule has 3 nitrogen and oxygen atoms in total. The van der Waals surface area contributed by atoms with Crippen LogP contribution in [0.4, 0.5) is 0 Å². The molecule has 7 aliphatic rings. The van der Waals surface area contributed by atoms with Crippen molar-refractivity contribution in [3.05, 3.63) is 24.3 Å². The number of hydrogen-bond acceptors (Lipinski definition) is 3. The number of Topliss-reactive ketones (excluding diaryl/α,β-unsaturated/α-hetero) is 1. The molecule has 152 valence electrons. The molecule has 6 fully saturated rings. The fourth-order valence-electron chi connectivity index (χ4n) is 9.81. The highest BCUT2D eigenvalue weighted by Gasteiger charge is 2.86. The molecule has 1 N–H and O–H groups in total. The average Bonchev–Trinajstić information content (AvgIpc) is 2.71. The SMILES string of the molecule is C=C1C(=O)[C@@]23[C@@H]4CC(C)(C)CC25OC[C@]2(C=CCC(C)(C)[C@H]2[C@@H]5O)[C@@H]3CC[C@@H]14. The van der Waals surface area contributed by atoms with Crippen LogP contribution in [0.15, 0.2) is 24.3 Å². The van der Waals surface area contributed by atoms with Crippen molar-refractivity contribution < 1.29 is 14.6 Å². The highest BCUT2D eigenvalue weighted by molar-refractivity contribution is 6.05. The van der Waals surface area contributed by atoms with Crippen molar-refractivity contribution >= 4 is 5.78 Å². The van der Waals surface area contributed by atoms with E-state index < -0.39 is 17.1 Å². The predicted molar refractivity (Wildman–Crippen MR) is 107 cm³/mol. The van der Waals surface area contributed by atoms with Crippen molar-refractivity contribution in [2.45, 2.75) is 71.5 Å². The van der Waals surface area contributed by atoms with Crippen LogP contribution in [0.2, 0.25) is 0 Å². The number of carbonyl (C=O) groups is 1. The third-order valence-electron chi connectivity index (χ3n) is 10.2. The Morgan fingerprint density at radius 2 is 1.96 bits per heavy atom. The summed E-state index contributed by atoms with van der Waals surface area (Å²) >= 11 is 0. The number of allylic oxidation sites excluding steroid dienone is 2. The van der Waals surface area contributed by atoms with Gasteiger partial charge in [-0.05, 0) is 66.3 Å². The van der Waals surface area contributed by atoms with E-state index >= 15 is 0 Å². The fraction of sp³-hybridized carbons (Fsp3) is 0.800. The topological polar surface area (TPSA) is 46.5 Å². The zero-order valence-corrected chi connectivity index (χ0v) is 17.8. The monoisotopic (exact) mass is 382 g/mol. The van der Waals surface area contributed by atoms with Crippen LogP contribution in [-0.2, 0) is 9.53 Å². The molecular weight excluding hydrogens is 348 g/mol. The lowest BCUT2D eigenvalue weighted by atomic mass is 9.31. The summed E-state index contributed by atoms with van der Waals surface area (Å²) in [5, 5.41) is 12.1. The van der Waals surface area contributed by atoms with Gasteiger partial charge in [0, 0.05) is 11.3 Å². The Balaban J connectivity index is 1.69. The van der Waals surface area contributed by atoms with Gasteiger partial charge in [0.1, 0.15) is 5.60 Å². The second kappa shape index (κ2) is 4.70. The number of ether oxygens (including phenoxy) is 1. The number of ketones is 1. The van der Waals surface area contributed by atoms with E-state index in [1.165, 1.54) is 0 Å². The van der Waals surface area contributed by atoms with Gasteiger partial charge in [0.25, 0.3) is 0 Å². The second-order valence-electron chi connectivity index (χ2n) is 12.4. The fourth-order valence-corrected chi connectivity index (χ4v) is 9.81. The van der Waals surface area contributed by atoms with Gasteiger partial charge >= 0.3 is 0 Å². The molecule has 0 aromatic rings. The minimum atomic E-state index is -0.742. The number of carbonyl (C=O) groups excluding carboxylic acids is 1. The Bertz CT molecular complexity index is 837. The van der Waals surface area contributed by atoms with Gasteiger partial charge in [-0.2, -0.15) is 0 Å². The number of aliphatic hydroxyl groups is 1. The summed E-state index contributed by atoms with van der Waals surface area (Å²) in [5.74, 6) is 1.24. The molecule has 0 radical (unpaired) electrons. The normalized spacial score (nSPS) is 57.1. The van der Waals surface area contributed by atoms with Crippen LogP contribution in [0.3, 0.4) is 0 Å². The van der Waals surface area contributed by atoms with E-state index in [-0.39, 0.29) is 45.7 Å². The van der Waals surface area contributed by atoms with Crippen molar-refractivity contribution in [2.75, 3.05) is 6.61 Å². The molecule has 28 heavy (non-hydrogen) atoms. The summed E-state index contributed by atoms with van der Waals surface area (Å²) in [6, 6.07) is 0. The Morgan fingerprint density at radius 1 is 1.21 bits per heavy atom. The summed E-state index contributed by atoms with van der Waals surface area (Å²) in [6.07, 6.45) is 9.05. The summed E-state index contributed by atoms with van der Waals surface area (Å²) in [7, 11) is 0. The number of aliphatic hydroxyl groups excluding tert-OH is 1. The molecular formula is C25H34O3. The first kappa shape index (κ1) is 17.9. The highest BCUT2D eigenvalue weighted by atomic mass is 16.5. The third kappa shape index (κ3) is 1.54. The molecule has 3 spiro atoms. The van der Waals surface area contributed by atoms with Crippen LogP contribution in [0.25, 0.3) is 0 Å². The van der Waals surface area contributed by atoms with Gasteiger partial charge in [0.15, 0.2) is 5.78 Å². The lowest BCUT2D eigenvalue weighted by molar-refractivity contribution is -0.383. The van der Waals surface area contributed by atoms with Crippen molar-refractivity contribution in [1.82, 2.24) is 0 Å². The maximum atomic E-state index is 14.0. The third-order valence-corrected chi connectivity index (χ3v) is 10.2. The Hall–Kier alpha value is -0.930. The van der Waals surface area contributed by atoms with E-state index in [9.17, 15) is 9.90 Å². The quantitative estimate of drug-likeness (QED) is 0.502. The van der Waals surface area contributed by atoms with E-state index in [0.29, 0.717) is 6.61 Å². The first-order chi connectivity index (χ1) is 13.0. The van der Waals surface area contributed by atoms with Gasteiger partial charge < -0.3 is 9.84 Å². The van der Waals surface area contributed by atoms with E-state index in [1.807, 2.05) is 0 Å². The number of hydrogen-bond donors (Lipinski definition) is 1. The van der Waals surface area contributed by atoms with Gasteiger partial charge in [0.05, 0.1) is 18.1 Å². The molecule has 2 heterocycles. The van der Waals surface area contributed by atoms with Crippen LogP contribution < -0.4 is 0 Å². The van der Waals surface area contributed by atoms with E-state index in [4.69, 9.17) is 4.74 Å². The molecule has 2 saturated heterocycles. The Labute approximate surface area is 168 Å². The van der Waals surface area contributed by atoms with Crippen molar-refractivity contribution in [1.29, 1.82) is 0 Å². The smallest absolute Gasteiger partial charge is 0.168 e. The zero-order chi connectivity index (χ0) is 19.9. The van der Waals surface area contributed by atoms with Crippen molar-refractivity contribution in [3.63, 3.8) is 0 Å². The van der Waals surface area contributed by atoms with Crippen molar-refractivity contribution in [3.8, 4) is 0 Å². The summed E-state index contributed by atoms with van der Waals surface area (Å²) in [5.41, 5.74) is -0.609. The molecule has 0 amide bonds. The first-order valence-electron chi connectivity index (χ1n) is 11.3. The first-order valence-corrected chi connectivity index (χ1v) is 11.3. The molecule has 4 saturated carbocycles. The standard InChI is InChI=1S/C25H34O3/c1-14-15-7-8-17-23-10-6-9-22(4,5)18(23)20(27)24(28-13-23)12-21(2,3)11-16(15)25(17,24)19(14)26/h6,10,15-18,20,27H,1,7-9,11-13H2,2-5H3/t15-,16+,17-,18+,20-,23+,24?,25-/m0/s1. The molecule has 8 atom stereocenters. The van der Waals surface area contributed by atoms with Gasteiger partial charge in [-0.3, -0.25) is 4.79 Å². The molecule has 3 heteroatoms. The zero-order valence-electron chi connectivity index (χ0n) is 17.8. The maximum Gasteiger partial charge on any atom is 0.168 e. The highest BCUT2D eigenvalue weighted by Crippen LogP contribution is 2.81. The lowest BCUT2D eigenvalue weighted by Crippen LogP contribution is -2.84. The average molecular weight is 383 g/mol. The van der Waals surface area contributed by atoms with Gasteiger partial charge in [-0.15, -0.1) is 0 Å². The maximum absolute atomic E-state index is 14.0. The summed E-state index contributed by atoms with van der Waals surface area (Å²) in [6.45, 7) is 14.2. The predicted octanol–water partition coefficient (Wildman–Crippen LogP) is 4.31. The van der Waals surface area contributed by atoms with Crippen LogP contribution in [0, 0.1) is 45.3 Å². The minimum Gasteiger partial charge on any atom is -0.390 e. The molecule has 7 rings (SSSR count). The Kier molecular flexibility index (Phi) is 3.00. The van der Waals surface area contributed by atoms with E-state index in [0.717, 1.165) is 37.7 Å². The molecule has 5 aliphatic carbocycles. The van der Waals surface area contributed by atoms with E-state index in [2.05, 4.69) is 46.4 Å². The van der Waals surface area contributed by atoms with Gasteiger partial charge in [-0.25, -0.2) is 0 Å². The van der Waals surface area contributed by atoms with Crippen LogP contribution >= 0.6 is 0 Å². The van der Waals surface area contributed by atoms with E-state index in [1.54, 1.807) is 0 Å². The largest absolute Gasteiger partial charge is 0.390 e. The summed E-state index contributed by atoms with van der Waals surface area (Å²) in [4.78, 5) is 14.0. The molecule has 0 aromatic heterocycles. The van der Waals surface area contributed by atoms with Gasteiger partial charge in [-0.1, -0.05) is 46.4 Å². The van der Waals surface area contributed by atoms with Crippen molar-refractivity contribution in [2.24, 2.45) is 45.3 Å². The molecule has 2 aliphatic heterocycles. The van der Waals surface area contributed by atoms with Crippen LogP contribution in [-0.4, -0.2) is 29.2 Å². The molecule has 1 unspecified atom stereocenters. The van der Waals surface area contributed by atoms with Crippen LogP contribution in [0.5, 0.6) is 0 Å². The minimum absolute atomic E-state index is 0.0130. The summed E-state index contributed by atoms with van der Waals surface area (Å²) < 4.78 is 6.78. The van der Waals surface area contributed by atoms with Gasteiger partial charge in [0.2, 0.25) is 0 Å². The van der Waals surface area contributed by atoms with Crippen LogP contribution in [0.1, 0.15) is 59.8 Å². The Morgan fingerprint density at radius 3 is 2.71 bits per heavy atom.